The third kappa shape index (κ3) is 2.05. The Morgan fingerprint density at radius 3 is 2.67 bits per heavy atom. The first-order valence-electron chi connectivity index (χ1n) is 6.51. The summed E-state index contributed by atoms with van der Waals surface area (Å²) in [4.78, 5) is 24.3. The van der Waals surface area contributed by atoms with Gasteiger partial charge in [0.05, 0.1) is 0 Å². The third-order valence-electron chi connectivity index (χ3n) is 4.08. The molecule has 1 aromatic rings. The highest BCUT2D eigenvalue weighted by molar-refractivity contribution is 5.73. The van der Waals surface area contributed by atoms with E-state index in [1.165, 1.54) is 0 Å². The van der Waals surface area contributed by atoms with Gasteiger partial charge in [0.1, 0.15) is 0 Å². The molecule has 96 valence electrons. The van der Waals surface area contributed by atoms with E-state index in [0.717, 1.165) is 38.5 Å². The highest BCUT2D eigenvalue weighted by atomic mass is 16.2. The number of aromatic nitrogens is 2. The molecule has 0 radical (unpaired) electrons. The maximum atomic E-state index is 11.4. The Morgan fingerprint density at radius 1 is 1.22 bits per heavy atom. The highest BCUT2D eigenvalue weighted by Gasteiger charge is 2.38. The van der Waals surface area contributed by atoms with E-state index < -0.39 is 0 Å². The number of likely N-dealkylation sites (tertiary alicyclic amines) is 1. The van der Waals surface area contributed by atoms with E-state index in [1.54, 1.807) is 19.3 Å². The summed E-state index contributed by atoms with van der Waals surface area (Å²) in [6.07, 6.45) is 4.70. The van der Waals surface area contributed by atoms with Gasteiger partial charge < -0.3 is 9.80 Å². The lowest BCUT2D eigenvalue weighted by Crippen LogP contribution is -2.40. The molecule has 1 aromatic heterocycles. The van der Waals surface area contributed by atoms with Gasteiger partial charge in [0.2, 0.25) is 11.9 Å². The summed E-state index contributed by atoms with van der Waals surface area (Å²) < 4.78 is 0. The van der Waals surface area contributed by atoms with Gasteiger partial charge in [-0.3, -0.25) is 4.79 Å². The van der Waals surface area contributed by atoms with Crippen molar-refractivity contribution < 1.29 is 4.79 Å². The van der Waals surface area contributed by atoms with Crippen molar-refractivity contribution in [2.45, 2.75) is 13.3 Å². The second-order valence-corrected chi connectivity index (χ2v) is 5.23. The number of hydrogen-bond acceptors (Lipinski definition) is 4. The fraction of sp³-hybridized carbons (Fsp3) is 0.615. The van der Waals surface area contributed by atoms with E-state index in [-0.39, 0.29) is 5.91 Å². The molecule has 5 nitrogen and oxygen atoms in total. The normalized spacial score (nSPS) is 27.2. The minimum Gasteiger partial charge on any atom is -0.342 e. The number of carbonyl (C=O) groups excluding carboxylic acids is 1. The maximum Gasteiger partial charge on any atom is 0.225 e. The lowest BCUT2D eigenvalue weighted by molar-refractivity contribution is -0.128. The van der Waals surface area contributed by atoms with Crippen LogP contribution in [0.4, 0.5) is 5.95 Å². The van der Waals surface area contributed by atoms with Crippen molar-refractivity contribution in [1.29, 1.82) is 0 Å². The molecule has 18 heavy (non-hydrogen) atoms. The molecule has 1 amide bonds. The van der Waals surface area contributed by atoms with Crippen LogP contribution in [-0.4, -0.2) is 47.0 Å². The summed E-state index contributed by atoms with van der Waals surface area (Å²) in [5.74, 6) is 2.25. The predicted molar refractivity (Wildman–Crippen MR) is 68.1 cm³/mol. The van der Waals surface area contributed by atoms with Gasteiger partial charge in [0.15, 0.2) is 0 Å². The standard InChI is InChI=1S/C13H18N4O/c1-10(18)17-7-11-3-6-16(8-12(11)9-17)13-14-4-2-5-15-13/h2,4-5,11-12H,3,6-9H2,1H3/t11-,12-/m0/s1. The van der Waals surface area contributed by atoms with Crippen LogP contribution in [0.5, 0.6) is 0 Å². The lowest BCUT2D eigenvalue weighted by Gasteiger charge is -2.34. The van der Waals surface area contributed by atoms with Crippen LogP contribution in [0.3, 0.4) is 0 Å². The second-order valence-electron chi connectivity index (χ2n) is 5.23. The molecule has 0 spiro atoms. The van der Waals surface area contributed by atoms with Crippen LogP contribution in [0.25, 0.3) is 0 Å². The Kier molecular flexibility index (Phi) is 2.89. The van der Waals surface area contributed by atoms with Gasteiger partial charge >= 0.3 is 0 Å². The van der Waals surface area contributed by atoms with Crippen molar-refractivity contribution in [3.8, 4) is 0 Å². The number of rotatable bonds is 1. The maximum absolute atomic E-state index is 11.4. The van der Waals surface area contributed by atoms with Crippen LogP contribution in [0, 0.1) is 11.8 Å². The minimum atomic E-state index is 0.201. The monoisotopic (exact) mass is 246 g/mol. The number of hydrogen-bond donors (Lipinski definition) is 0. The molecule has 3 heterocycles. The zero-order valence-corrected chi connectivity index (χ0v) is 10.6. The molecule has 2 fully saturated rings. The van der Waals surface area contributed by atoms with E-state index in [9.17, 15) is 4.79 Å². The summed E-state index contributed by atoms with van der Waals surface area (Å²) in [7, 11) is 0. The number of amides is 1. The molecule has 0 N–H and O–H groups in total. The first kappa shape index (κ1) is 11.4. The molecular formula is C13H18N4O. The molecular weight excluding hydrogens is 228 g/mol. The lowest BCUT2D eigenvalue weighted by atomic mass is 9.89. The average molecular weight is 246 g/mol. The molecule has 2 aliphatic rings. The zero-order valence-electron chi connectivity index (χ0n) is 10.6. The largest absolute Gasteiger partial charge is 0.342 e. The van der Waals surface area contributed by atoms with Gasteiger partial charge in [-0.05, 0) is 24.3 Å². The smallest absolute Gasteiger partial charge is 0.225 e. The minimum absolute atomic E-state index is 0.201. The van der Waals surface area contributed by atoms with Crippen LogP contribution >= 0.6 is 0 Å². The fourth-order valence-electron chi connectivity index (χ4n) is 3.06. The van der Waals surface area contributed by atoms with Crippen molar-refractivity contribution in [3.63, 3.8) is 0 Å². The van der Waals surface area contributed by atoms with Gasteiger partial charge in [0, 0.05) is 45.5 Å². The van der Waals surface area contributed by atoms with E-state index in [4.69, 9.17) is 0 Å². The van der Waals surface area contributed by atoms with Crippen LogP contribution in [0.15, 0.2) is 18.5 Å². The van der Waals surface area contributed by atoms with Crippen molar-refractivity contribution >= 4 is 11.9 Å². The molecule has 0 bridgehead atoms. The van der Waals surface area contributed by atoms with E-state index in [2.05, 4.69) is 14.9 Å². The Labute approximate surface area is 107 Å². The molecule has 3 rings (SSSR count). The number of fused-ring (bicyclic) bond motifs is 1. The summed E-state index contributed by atoms with van der Waals surface area (Å²) in [5, 5.41) is 0. The van der Waals surface area contributed by atoms with E-state index >= 15 is 0 Å². The van der Waals surface area contributed by atoms with Gasteiger partial charge in [-0.1, -0.05) is 0 Å². The van der Waals surface area contributed by atoms with E-state index in [1.807, 2.05) is 11.0 Å². The number of anilines is 1. The topological polar surface area (TPSA) is 49.3 Å². The third-order valence-corrected chi connectivity index (χ3v) is 4.08. The molecule has 0 aliphatic carbocycles. The molecule has 0 saturated carbocycles. The summed E-state index contributed by atoms with van der Waals surface area (Å²) >= 11 is 0. The van der Waals surface area contributed by atoms with Crippen molar-refractivity contribution in [2.75, 3.05) is 31.1 Å². The molecule has 0 unspecified atom stereocenters. The first-order chi connectivity index (χ1) is 8.74. The van der Waals surface area contributed by atoms with Crippen molar-refractivity contribution in [1.82, 2.24) is 14.9 Å². The summed E-state index contributed by atoms with van der Waals surface area (Å²) in [6, 6.07) is 1.84. The van der Waals surface area contributed by atoms with Crippen LogP contribution < -0.4 is 4.90 Å². The van der Waals surface area contributed by atoms with Crippen molar-refractivity contribution in [2.24, 2.45) is 11.8 Å². The Bertz CT molecular complexity index is 436. The quantitative estimate of drug-likeness (QED) is 0.735. The molecule has 0 aromatic carbocycles. The summed E-state index contributed by atoms with van der Waals surface area (Å²) in [6.45, 7) is 5.46. The first-order valence-corrected chi connectivity index (χ1v) is 6.51. The molecule has 5 heteroatoms. The average Bonchev–Trinajstić information content (AvgIpc) is 2.82. The highest BCUT2D eigenvalue weighted by Crippen LogP contribution is 2.32. The van der Waals surface area contributed by atoms with Gasteiger partial charge in [0.25, 0.3) is 0 Å². The molecule has 2 aliphatic heterocycles. The molecule has 2 atom stereocenters. The number of piperidine rings is 1. The second kappa shape index (κ2) is 4.55. The van der Waals surface area contributed by atoms with Gasteiger partial charge in [-0.25, -0.2) is 9.97 Å². The Morgan fingerprint density at radius 2 is 1.94 bits per heavy atom. The van der Waals surface area contributed by atoms with Crippen LogP contribution in [-0.2, 0) is 4.79 Å². The van der Waals surface area contributed by atoms with Crippen LogP contribution in [0.2, 0.25) is 0 Å². The Balaban J connectivity index is 1.69. The number of nitrogens with zero attached hydrogens (tertiary/aromatic N) is 4. The fourth-order valence-corrected chi connectivity index (χ4v) is 3.06. The van der Waals surface area contributed by atoms with Crippen molar-refractivity contribution in [3.05, 3.63) is 18.5 Å². The Hall–Kier alpha value is -1.65. The van der Waals surface area contributed by atoms with Gasteiger partial charge in [-0.15, -0.1) is 0 Å². The number of carbonyl (C=O) groups is 1. The van der Waals surface area contributed by atoms with Crippen LogP contribution in [0.1, 0.15) is 13.3 Å². The SMILES string of the molecule is CC(=O)N1C[C@@H]2CN(c3ncccn3)CC[C@H]2C1. The zero-order chi connectivity index (χ0) is 12.5. The molecule has 2 saturated heterocycles. The predicted octanol–water partition coefficient (Wildman–Crippen LogP) is 0.781. The summed E-state index contributed by atoms with van der Waals surface area (Å²) in [5.41, 5.74) is 0. The van der Waals surface area contributed by atoms with E-state index in [0.29, 0.717) is 11.8 Å². The van der Waals surface area contributed by atoms with Gasteiger partial charge in [-0.2, -0.15) is 0 Å².